The molecule has 0 heterocycles. The molecule has 0 radical (unpaired) electrons. The third-order valence-electron chi connectivity index (χ3n) is 5.68. The molecule has 0 rings (SSSR count). The van der Waals surface area contributed by atoms with E-state index in [9.17, 15) is 19.8 Å². The monoisotopic (exact) mass is 314 g/mol. The lowest BCUT2D eigenvalue weighted by molar-refractivity contribution is -0.151. The molecule has 0 spiro atoms. The van der Waals surface area contributed by atoms with Crippen LogP contribution in [0.4, 0.5) is 0 Å². The Morgan fingerprint density at radius 3 is 1.09 bits per heavy atom. The Bertz CT molecular complexity index is 307. The third-order valence-corrected chi connectivity index (χ3v) is 5.68. The molecule has 4 heteroatoms. The predicted octanol–water partition coefficient (Wildman–Crippen LogP) is 5.11. The number of carbonyl (C=O) groups is 2. The van der Waals surface area contributed by atoms with E-state index in [4.69, 9.17) is 0 Å². The molecule has 130 valence electrons. The lowest BCUT2D eigenvalue weighted by Gasteiger charge is -2.27. The Balaban J connectivity index is 4.18. The van der Waals surface area contributed by atoms with Crippen LogP contribution >= 0.6 is 0 Å². The highest BCUT2D eigenvalue weighted by molar-refractivity contribution is 5.74. The fourth-order valence-electron chi connectivity index (χ4n) is 3.31. The predicted molar refractivity (Wildman–Crippen MR) is 89.0 cm³/mol. The fourth-order valence-corrected chi connectivity index (χ4v) is 3.31. The van der Waals surface area contributed by atoms with Gasteiger partial charge in [-0.05, 0) is 38.5 Å². The molecule has 0 aliphatic rings. The van der Waals surface area contributed by atoms with Gasteiger partial charge < -0.3 is 10.2 Å². The summed E-state index contributed by atoms with van der Waals surface area (Å²) in [5.41, 5.74) is -1.14. The van der Waals surface area contributed by atoms with Crippen LogP contribution in [-0.2, 0) is 9.59 Å². The number of carboxylic acids is 2. The molecule has 0 aromatic heterocycles. The summed E-state index contributed by atoms with van der Waals surface area (Å²) in [5.74, 6) is -1.36. The van der Waals surface area contributed by atoms with Gasteiger partial charge in [-0.1, -0.05) is 53.4 Å². The minimum absolute atomic E-state index is 0.572. The van der Waals surface area contributed by atoms with E-state index in [0.717, 1.165) is 38.5 Å². The quantitative estimate of drug-likeness (QED) is 0.463. The first-order valence-corrected chi connectivity index (χ1v) is 8.81. The van der Waals surface area contributed by atoms with Gasteiger partial charge in [0.2, 0.25) is 0 Å². The van der Waals surface area contributed by atoms with Gasteiger partial charge in [0.05, 0.1) is 10.8 Å². The highest BCUT2D eigenvalue weighted by Crippen LogP contribution is 2.35. The summed E-state index contributed by atoms with van der Waals surface area (Å²) in [6.07, 6.45) is 7.93. The molecule has 0 unspecified atom stereocenters. The number of rotatable bonds is 13. The van der Waals surface area contributed by atoms with Crippen molar-refractivity contribution in [1.82, 2.24) is 0 Å². The van der Waals surface area contributed by atoms with Crippen molar-refractivity contribution < 1.29 is 19.8 Å². The molecule has 22 heavy (non-hydrogen) atoms. The van der Waals surface area contributed by atoms with Gasteiger partial charge in [-0.15, -0.1) is 0 Å². The van der Waals surface area contributed by atoms with E-state index >= 15 is 0 Å². The van der Waals surface area contributed by atoms with Crippen LogP contribution in [-0.4, -0.2) is 22.2 Å². The molecule has 0 aromatic carbocycles. The lowest BCUT2D eigenvalue weighted by Crippen LogP contribution is -2.30. The van der Waals surface area contributed by atoms with Gasteiger partial charge in [-0.2, -0.15) is 0 Å². The molecular formula is C18H34O4. The van der Waals surface area contributed by atoms with E-state index in [1.54, 1.807) is 0 Å². The molecule has 0 amide bonds. The van der Waals surface area contributed by atoms with Gasteiger partial charge in [-0.3, -0.25) is 9.59 Å². The maximum absolute atomic E-state index is 11.4. The molecule has 0 aliphatic heterocycles. The normalized spacial score (nSPS) is 12.4. The maximum atomic E-state index is 11.4. The lowest BCUT2D eigenvalue weighted by atomic mass is 9.76. The average Bonchev–Trinajstić information content (AvgIpc) is 2.50. The van der Waals surface area contributed by atoms with Crippen LogP contribution in [0.2, 0.25) is 0 Å². The van der Waals surface area contributed by atoms with Crippen LogP contribution in [0.1, 0.15) is 91.9 Å². The second kappa shape index (κ2) is 9.86. The summed E-state index contributed by atoms with van der Waals surface area (Å²) in [5, 5.41) is 18.8. The molecule has 0 aromatic rings. The zero-order valence-corrected chi connectivity index (χ0v) is 14.8. The van der Waals surface area contributed by atoms with Gasteiger partial charge in [0.1, 0.15) is 0 Å². The zero-order valence-electron chi connectivity index (χ0n) is 14.8. The minimum atomic E-state index is -0.681. The molecule has 0 atom stereocenters. The van der Waals surface area contributed by atoms with E-state index < -0.39 is 22.8 Å². The second-order valence-corrected chi connectivity index (χ2v) is 6.50. The van der Waals surface area contributed by atoms with E-state index in [-0.39, 0.29) is 0 Å². The summed E-state index contributed by atoms with van der Waals surface area (Å²) in [6, 6.07) is 0. The van der Waals surface area contributed by atoms with Crippen molar-refractivity contribution in [1.29, 1.82) is 0 Å². The highest BCUT2D eigenvalue weighted by Gasteiger charge is 2.35. The first kappa shape index (κ1) is 20.9. The Kier molecular flexibility index (Phi) is 9.38. The Morgan fingerprint density at radius 2 is 0.909 bits per heavy atom. The van der Waals surface area contributed by atoms with Crippen molar-refractivity contribution in [3.63, 3.8) is 0 Å². The van der Waals surface area contributed by atoms with Crippen molar-refractivity contribution in [3.8, 4) is 0 Å². The van der Waals surface area contributed by atoms with Gasteiger partial charge in [0, 0.05) is 0 Å². The van der Waals surface area contributed by atoms with Crippen molar-refractivity contribution in [2.45, 2.75) is 91.9 Å². The highest BCUT2D eigenvalue weighted by atomic mass is 16.4. The second-order valence-electron chi connectivity index (χ2n) is 6.50. The van der Waals surface area contributed by atoms with Crippen molar-refractivity contribution in [3.05, 3.63) is 0 Å². The van der Waals surface area contributed by atoms with Crippen LogP contribution in [0, 0.1) is 10.8 Å². The first-order valence-electron chi connectivity index (χ1n) is 8.81. The van der Waals surface area contributed by atoms with Crippen LogP contribution in [0.25, 0.3) is 0 Å². The smallest absolute Gasteiger partial charge is 0.309 e. The van der Waals surface area contributed by atoms with E-state index in [0.29, 0.717) is 25.7 Å². The van der Waals surface area contributed by atoms with Gasteiger partial charge in [-0.25, -0.2) is 0 Å². The number of carboxylic acid groups (broad SMARTS) is 2. The van der Waals surface area contributed by atoms with Crippen molar-refractivity contribution in [2.24, 2.45) is 10.8 Å². The summed E-state index contributed by atoms with van der Waals surface area (Å²) >= 11 is 0. The summed E-state index contributed by atoms with van der Waals surface area (Å²) in [6.45, 7) is 7.78. The number of hydrogen-bond acceptors (Lipinski definition) is 2. The molecule has 0 saturated carbocycles. The number of hydrogen-bond donors (Lipinski definition) is 2. The first-order chi connectivity index (χ1) is 10.3. The molecule has 0 bridgehead atoms. The molecule has 0 fully saturated rings. The minimum Gasteiger partial charge on any atom is -0.481 e. The average molecular weight is 314 g/mol. The summed E-state index contributed by atoms with van der Waals surface area (Å²) in [7, 11) is 0. The fraction of sp³-hybridized carbons (Fsp3) is 0.889. The summed E-state index contributed by atoms with van der Waals surface area (Å²) in [4.78, 5) is 22.8. The molecule has 0 aliphatic carbocycles. The Morgan fingerprint density at radius 1 is 0.636 bits per heavy atom. The van der Waals surface area contributed by atoms with Crippen molar-refractivity contribution in [2.75, 3.05) is 0 Å². The third kappa shape index (κ3) is 5.29. The van der Waals surface area contributed by atoms with Gasteiger partial charge >= 0.3 is 11.9 Å². The van der Waals surface area contributed by atoms with Gasteiger partial charge in [0.25, 0.3) is 0 Å². The van der Waals surface area contributed by atoms with E-state index in [1.807, 2.05) is 27.7 Å². The molecular weight excluding hydrogens is 280 g/mol. The van der Waals surface area contributed by atoms with E-state index in [1.165, 1.54) is 0 Å². The SMILES string of the molecule is CCC(CC)(CCCCCCC(CC)(CC)C(=O)O)C(=O)O. The van der Waals surface area contributed by atoms with Crippen LogP contribution in [0.5, 0.6) is 0 Å². The topological polar surface area (TPSA) is 74.6 Å². The standard InChI is InChI=1S/C18H34O4/c1-5-17(6-2,15(19)20)13-11-9-10-12-14-18(7-3,8-4)16(21)22/h5-14H2,1-4H3,(H,19,20)(H,21,22). The van der Waals surface area contributed by atoms with Crippen LogP contribution in [0.15, 0.2) is 0 Å². The van der Waals surface area contributed by atoms with Crippen LogP contribution in [0.3, 0.4) is 0 Å². The largest absolute Gasteiger partial charge is 0.481 e. The van der Waals surface area contributed by atoms with E-state index in [2.05, 4.69) is 0 Å². The van der Waals surface area contributed by atoms with Gasteiger partial charge in [0.15, 0.2) is 0 Å². The Hall–Kier alpha value is -1.06. The molecule has 2 N–H and O–H groups in total. The maximum Gasteiger partial charge on any atom is 0.309 e. The summed E-state index contributed by atoms with van der Waals surface area (Å²) < 4.78 is 0. The molecule has 0 saturated heterocycles. The van der Waals surface area contributed by atoms with Crippen LogP contribution < -0.4 is 0 Å². The number of aliphatic carboxylic acids is 2. The van der Waals surface area contributed by atoms with Crippen molar-refractivity contribution >= 4 is 11.9 Å². The Labute approximate surface area is 135 Å². The number of unbranched alkanes of at least 4 members (excludes halogenated alkanes) is 3. The molecule has 4 nitrogen and oxygen atoms in total. The zero-order chi connectivity index (χ0) is 17.2.